The molecule has 25 heavy (non-hydrogen) atoms. The van der Waals surface area contributed by atoms with E-state index in [1.54, 1.807) is 0 Å². The third kappa shape index (κ3) is 7.38. The number of halogens is 2. The number of aliphatic carboxylic acids is 1. The number of benzene rings is 1. The molecule has 0 saturated heterocycles. The molecule has 0 atom stereocenters. The van der Waals surface area contributed by atoms with E-state index < -0.39 is 24.4 Å². The average molecular weight is 392 g/mol. The number of carbonyl (C=O) groups excluding carboxylic acids is 2. The minimum Gasteiger partial charge on any atom is -0.479 e. The van der Waals surface area contributed by atoms with E-state index >= 15 is 0 Å². The van der Waals surface area contributed by atoms with Crippen LogP contribution in [0.2, 0.25) is 10.0 Å². The van der Waals surface area contributed by atoms with Crippen LogP contribution in [-0.4, -0.2) is 56.0 Å². The van der Waals surface area contributed by atoms with Crippen molar-refractivity contribution in [2.24, 2.45) is 5.10 Å². The Hall–Kier alpha value is -2.36. The largest absolute Gasteiger partial charge is 0.479 e. The summed E-state index contributed by atoms with van der Waals surface area (Å²) in [5, 5.41) is 14.6. The molecule has 1 aromatic rings. The second-order valence-corrected chi connectivity index (χ2v) is 5.26. The van der Waals surface area contributed by atoms with Gasteiger partial charge in [-0.3, -0.25) is 9.59 Å². The Morgan fingerprint density at radius 2 is 1.88 bits per heavy atom. The summed E-state index contributed by atoms with van der Waals surface area (Å²) in [5.74, 6) is -2.97. The molecule has 9 nitrogen and oxygen atoms in total. The molecular formula is C14H15Cl2N3O6. The lowest BCUT2D eigenvalue weighted by molar-refractivity contribution is -0.139. The minimum absolute atomic E-state index is 0.0180. The van der Waals surface area contributed by atoms with Gasteiger partial charge in [0.25, 0.3) is 0 Å². The van der Waals surface area contributed by atoms with Gasteiger partial charge in [0.15, 0.2) is 12.4 Å². The quantitative estimate of drug-likeness (QED) is 0.258. The van der Waals surface area contributed by atoms with Gasteiger partial charge in [-0.2, -0.15) is 5.10 Å². The lowest BCUT2D eigenvalue weighted by Crippen LogP contribution is -2.39. The topological polar surface area (TPSA) is 126 Å². The molecule has 2 amide bonds. The molecule has 0 saturated carbocycles. The number of carbonyl (C=O) groups is 3. The summed E-state index contributed by atoms with van der Waals surface area (Å²) in [4.78, 5) is 33.3. The molecule has 11 heteroatoms. The molecule has 1 rings (SSSR count). The molecule has 0 bridgehead atoms. The lowest BCUT2D eigenvalue weighted by Gasteiger charge is -2.08. The van der Waals surface area contributed by atoms with Crippen LogP contribution in [0.25, 0.3) is 0 Å². The van der Waals surface area contributed by atoms with E-state index in [2.05, 4.69) is 10.4 Å². The highest BCUT2D eigenvalue weighted by Crippen LogP contribution is 2.33. The first-order chi connectivity index (χ1) is 11.8. The van der Waals surface area contributed by atoms with Crippen LogP contribution in [0.4, 0.5) is 0 Å². The Labute approximate surface area is 152 Å². The third-order valence-electron chi connectivity index (χ3n) is 2.54. The minimum atomic E-state index is -1.18. The zero-order valence-corrected chi connectivity index (χ0v) is 14.6. The molecular weight excluding hydrogens is 377 g/mol. The number of carboxylic acids is 1. The highest BCUT2D eigenvalue weighted by molar-refractivity contribution is 6.37. The van der Waals surface area contributed by atoms with Crippen molar-refractivity contribution >= 4 is 47.2 Å². The lowest BCUT2D eigenvalue weighted by atomic mass is 10.2. The highest BCUT2D eigenvalue weighted by atomic mass is 35.5. The third-order valence-corrected chi connectivity index (χ3v) is 3.10. The van der Waals surface area contributed by atoms with E-state index in [1.807, 2.05) is 5.43 Å². The smallest absolute Gasteiger partial charge is 0.341 e. The number of nitrogens with one attached hydrogen (secondary N) is 2. The van der Waals surface area contributed by atoms with Gasteiger partial charge < -0.3 is 19.9 Å². The normalized spacial score (nSPS) is 10.5. The van der Waals surface area contributed by atoms with Gasteiger partial charge >= 0.3 is 17.8 Å². The summed E-state index contributed by atoms with van der Waals surface area (Å²) in [6.45, 7) is -0.133. The molecule has 3 N–H and O–H groups in total. The van der Waals surface area contributed by atoms with Crippen LogP contribution in [0.5, 0.6) is 5.75 Å². The van der Waals surface area contributed by atoms with Crippen LogP contribution in [-0.2, 0) is 19.1 Å². The van der Waals surface area contributed by atoms with Gasteiger partial charge in [0, 0.05) is 13.7 Å². The number of amides is 2. The fourth-order valence-corrected chi connectivity index (χ4v) is 2.10. The zero-order chi connectivity index (χ0) is 18.8. The van der Waals surface area contributed by atoms with Crippen LogP contribution < -0.4 is 15.5 Å². The second-order valence-electron chi connectivity index (χ2n) is 4.44. The van der Waals surface area contributed by atoms with E-state index in [4.69, 9.17) is 37.8 Å². The fraction of sp³-hybridized carbons (Fsp3) is 0.286. The predicted octanol–water partition coefficient (Wildman–Crippen LogP) is 0.670. The number of rotatable bonds is 8. The monoisotopic (exact) mass is 391 g/mol. The molecule has 0 aliphatic rings. The Morgan fingerprint density at radius 1 is 1.24 bits per heavy atom. The number of hydrogen-bond donors (Lipinski definition) is 3. The first-order valence-electron chi connectivity index (χ1n) is 6.79. The molecule has 0 unspecified atom stereocenters. The van der Waals surface area contributed by atoms with Crippen molar-refractivity contribution < 1.29 is 29.0 Å². The van der Waals surface area contributed by atoms with Gasteiger partial charge in [0.1, 0.15) is 0 Å². The van der Waals surface area contributed by atoms with Crippen molar-refractivity contribution in [3.05, 3.63) is 27.7 Å². The maximum Gasteiger partial charge on any atom is 0.341 e. The number of nitrogens with zero attached hydrogens (tertiary/aromatic N) is 1. The number of ether oxygens (including phenoxy) is 2. The average Bonchev–Trinajstić information content (AvgIpc) is 2.53. The highest BCUT2D eigenvalue weighted by Gasteiger charge is 2.12. The van der Waals surface area contributed by atoms with E-state index in [-0.39, 0.29) is 28.9 Å². The standard InChI is InChI=1S/C14H15Cl2N3O6/c1-24-3-2-17-13(22)14(23)19-18-6-8-4-9(15)12(10(16)5-8)25-7-11(20)21/h4-6H,2-3,7H2,1H3,(H,17,22)(H,19,23)(H,20,21)/b18-6-. The van der Waals surface area contributed by atoms with Gasteiger partial charge in [0.2, 0.25) is 0 Å². The van der Waals surface area contributed by atoms with Crippen molar-refractivity contribution in [2.45, 2.75) is 0 Å². The van der Waals surface area contributed by atoms with Crippen LogP contribution in [0.15, 0.2) is 17.2 Å². The summed E-state index contributed by atoms with van der Waals surface area (Å²) in [6, 6.07) is 2.80. The SMILES string of the molecule is COCCNC(=O)C(=O)N/N=C\c1cc(Cl)c(OCC(=O)O)c(Cl)c1. The van der Waals surface area contributed by atoms with Gasteiger partial charge in [-0.25, -0.2) is 10.2 Å². The van der Waals surface area contributed by atoms with E-state index in [1.165, 1.54) is 25.5 Å². The van der Waals surface area contributed by atoms with Crippen LogP contribution in [0.1, 0.15) is 5.56 Å². The first kappa shape index (κ1) is 20.7. The molecule has 0 aromatic heterocycles. The number of carboxylic acid groups (broad SMARTS) is 1. The Morgan fingerprint density at radius 3 is 2.44 bits per heavy atom. The van der Waals surface area contributed by atoms with Crippen molar-refractivity contribution in [1.29, 1.82) is 0 Å². The maximum atomic E-state index is 11.5. The molecule has 136 valence electrons. The Balaban J connectivity index is 2.64. The van der Waals surface area contributed by atoms with Crippen molar-refractivity contribution in [3.8, 4) is 5.75 Å². The molecule has 0 aliphatic heterocycles. The molecule has 0 radical (unpaired) electrons. The van der Waals surface area contributed by atoms with E-state index in [9.17, 15) is 14.4 Å². The summed E-state index contributed by atoms with van der Waals surface area (Å²) >= 11 is 11.9. The van der Waals surface area contributed by atoms with Crippen molar-refractivity contribution in [3.63, 3.8) is 0 Å². The molecule has 0 spiro atoms. The van der Waals surface area contributed by atoms with Gasteiger partial charge in [-0.15, -0.1) is 0 Å². The summed E-state index contributed by atoms with van der Waals surface area (Å²) in [7, 11) is 1.46. The molecule has 0 heterocycles. The van der Waals surface area contributed by atoms with Crippen molar-refractivity contribution in [1.82, 2.24) is 10.7 Å². The number of methoxy groups -OCH3 is 1. The van der Waals surface area contributed by atoms with Crippen LogP contribution in [0, 0.1) is 0 Å². The summed E-state index contributed by atoms with van der Waals surface area (Å²) in [6.07, 6.45) is 1.21. The van der Waals surface area contributed by atoms with Gasteiger partial charge in [-0.1, -0.05) is 23.2 Å². The number of hydrazone groups is 1. The second kappa shape index (κ2) is 10.5. The van der Waals surface area contributed by atoms with Crippen LogP contribution >= 0.6 is 23.2 Å². The molecule has 0 fully saturated rings. The fourth-order valence-electron chi connectivity index (χ4n) is 1.49. The Kier molecular flexibility index (Phi) is 8.68. The van der Waals surface area contributed by atoms with Crippen molar-refractivity contribution in [2.75, 3.05) is 26.9 Å². The molecule has 1 aromatic carbocycles. The zero-order valence-electron chi connectivity index (χ0n) is 13.0. The summed E-state index contributed by atoms with van der Waals surface area (Å²) in [5.41, 5.74) is 2.43. The predicted molar refractivity (Wildman–Crippen MR) is 90.2 cm³/mol. The maximum absolute atomic E-state index is 11.5. The van der Waals surface area contributed by atoms with E-state index in [0.29, 0.717) is 5.56 Å². The van der Waals surface area contributed by atoms with Gasteiger partial charge in [-0.05, 0) is 17.7 Å². The number of hydrogen-bond acceptors (Lipinski definition) is 6. The first-order valence-corrected chi connectivity index (χ1v) is 7.54. The van der Waals surface area contributed by atoms with E-state index in [0.717, 1.165) is 0 Å². The Bertz CT molecular complexity index is 658. The molecule has 0 aliphatic carbocycles. The van der Waals surface area contributed by atoms with Crippen LogP contribution in [0.3, 0.4) is 0 Å². The van der Waals surface area contributed by atoms with Gasteiger partial charge in [0.05, 0.1) is 22.9 Å². The summed E-state index contributed by atoms with van der Waals surface area (Å²) < 4.78 is 9.69.